The van der Waals surface area contributed by atoms with E-state index in [0.717, 1.165) is 5.56 Å². The Hall–Kier alpha value is -3.25. The molecule has 2 aromatic carbocycles. The van der Waals surface area contributed by atoms with Gasteiger partial charge < -0.3 is 10.6 Å². The SMILES string of the molecule is O=C(NCc1ccc(F)cc1)c1cncc(C(=O)Nc2ccc(Cl)cc2)c1. The molecule has 7 heteroatoms. The number of hydrogen-bond acceptors (Lipinski definition) is 3. The van der Waals surface area contributed by atoms with E-state index in [1.165, 1.54) is 30.6 Å². The largest absolute Gasteiger partial charge is 0.348 e. The number of carbonyl (C=O) groups excluding carboxylic acids is 2. The number of benzene rings is 2. The number of anilines is 1. The molecule has 1 aromatic heterocycles. The first kappa shape index (κ1) is 18.5. The molecule has 2 N–H and O–H groups in total. The van der Waals surface area contributed by atoms with Gasteiger partial charge in [-0.1, -0.05) is 23.7 Å². The Morgan fingerprint density at radius 2 is 1.56 bits per heavy atom. The summed E-state index contributed by atoms with van der Waals surface area (Å²) in [6.45, 7) is 0.236. The zero-order valence-electron chi connectivity index (χ0n) is 14.1. The molecule has 1 heterocycles. The Morgan fingerprint density at radius 3 is 2.22 bits per heavy atom. The Labute approximate surface area is 160 Å². The molecule has 0 saturated heterocycles. The van der Waals surface area contributed by atoms with Crippen LogP contribution in [0.2, 0.25) is 5.02 Å². The van der Waals surface area contributed by atoms with Gasteiger partial charge in [0.15, 0.2) is 0 Å². The number of nitrogens with one attached hydrogen (secondary N) is 2. The van der Waals surface area contributed by atoms with Gasteiger partial charge in [0.2, 0.25) is 0 Å². The van der Waals surface area contributed by atoms with E-state index in [4.69, 9.17) is 11.6 Å². The van der Waals surface area contributed by atoms with Gasteiger partial charge in [0, 0.05) is 29.6 Å². The summed E-state index contributed by atoms with van der Waals surface area (Å²) < 4.78 is 12.9. The number of aromatic nitrogens is 1. The van der Waals surface area contributed by atoms with Gasteiger partial charge in [-0.2, -0.15) is 0 Å². The van der Waals surface area contributed by atoms with Gasteiger partial charge in [-0.05, 0) is 48.0 Å². The molecule has 0 spiro atoms. The molecule has 3 rings (SSSR count). The van der Waals surface area contributed by atoms with Crippen molar-refractivity contribution in [1.29, 1.82) is 0 Å². The molecule has 5 nitrogen and oxygen atoms in total. The highest BCUT2D eigenvalue weighted by Gasteiger charge is 2.12. The number of rotatable bonds is 5. The van der Waals surface area contributed by atoms with Crippen LogP contribution in [0.15, 0.2) is 67.0 Å². The summed E-state index contributed by atoms with van der Waals surface area (Å²) in [4.78, 5) is 28.6. The smallest absolute Gasteiger partial charge is 0.257 e. The van der Waals surface area contributed by atoms with E-state index >= 15 is 0 Å². The van der Waals surface area contributed by atoms with Crippen LogP contribution in [0, 0.1) is 5.82 Å². The van der Waals surface area contributed by atoms with Crippen LogP contribution < -0.4 is 10.6 Å². The molecular weight excluding hydrogens is 369 g/mol. The second-order valence-corrected chi connectivity index (χ2v) is 6.17. The summed E-state index contributed by atoms with van der Waals surface area (Å²) in [5.74, 6) is -1.11. The van der Waals surface area contributed by atoms with Crippen molar-refractivity contribution in [2.24, 2.45) is 0 Å². The van der Waals surface area contributed by atoms with Gasteiger partial charge in [0.1, 0.15) is 5.82 Å². The first-order valence-corrected chi connectivity index (χ1v) is 8.44. The average molecular weight is 384 g/mol. The van der Waals surface area contributed by atoms with Gasteiger partial charge >= 0.3 is 0 Å². The summed E-state index contributed by atoms with van der Waals surface area (Å²) in [5.41, 5.74) is 1.84. The number of nitrogens with zero attached hydrogens (tertiary/aromatic N) is 1. The van der Waals surface area contributed by atoms with Crippen molar-refractivity contribution < 1.29 is 14.0 Å². The lowest BCUT2D eigenvalue weighted by molar-refractivity contribution is 0.0950. The first-order chi connectivity index (χ1) is 13.0. The highest BCUT2D eigenvalue weighted by molar-refractivity contribution is 6.30. The van der Waals surface area contributed by atoms with E-state index in [1.54, 1.807) is 36.4 Å². The lowest BCUT2D eigenvalue weighted by Crippen LogP contribution is -2.23. The Balaban J connectivity index is 1.65. The summed E-state index contributed by atoms with van der Waals surface area (Å²) in [6.07, 6.45) is 2.75. The van der Waals surface area contributed by atoms with Crippen molar-refractivity contribution >= 4 is 29.1 Å². The minimum absolute atomic E-state index is 0.236. The maximum absolute atomic E-state index is 12.9. The van der Waals surface area contributed by atoms with Crippen LogP contribution in [0.4, 0.5) is 10.1 Å². The zero-order chi connectivity index (χ0) is 19.2. The van der Waals surface area contributed by atoms with Crippen molar-refractivity contribution in [2.75, 3.05) is 5.32 Å². The molecule has 0 radical (unpaired) electrons. The standard InChI is InChI=1S/C20H15ClFN3O2/c21-16-3-7-18(8-4-16)25-20(27)15-9-14(11-23-12-15)19(26)24-10-13-1-5-17(22)6-2-13/h1-9,11-12H,10H2,(H,24,26)(H,25,27). The van der Waals surface area contributed by atoms with Crippen molar-refractivity contribution in [3.8, 4) is 0 Å². The molecule has 0 fully saturated rings. The van der Waals surface area contributed by atoms with Gasteiger partial charge in [0.05, 0.1) is 11.1 Å². The van der Waals surface area contributed by atoms with E-state index < -0.39 is 5.91 Å². The third-order valence-corrected chi connectivity index (χ3v) is 3.98. The van der Waals surface area contributed by atoms with Crippen LogP contribution in [-0.2, 0) is 6.54 Å². The van der Waals surface area contributed by atoms with E-state index in [2.05, 4.69) is 15.6 Å². The normalized spacial score (nSPS) is 10.3. The predicted molar refractivity (Wildman–Crippen MR) is 101 cm³/mol. The van der Waals surface area contributed by atoms with Crippen LogP contribution in [0.1, 0.15) is 26.3 Å². The third kappa shape index (κ3) is 5.12. The van der Waals surface area contributed by atoms with Crippen LogP contribution in [-0.4, -0.2) is 16.8 Å². The molecule has 0 aliphatic carbocycles. The molecule has 27 heavy (non-hydrogen) atoms. The first-order valence-electron chi connectivity index (χ1n) is 8.06. The summed E-state index contributed by atoms with van der Waals surface area (Å²) in [6, 6.07) is 13.9. The highest BCUT2D eigenvalue weighted by Crippen LogP contribution is 2.15. The number of carbonyl (C=O) groups is 2. The molecular formula is C20H15ClFN3O2. The maximum Gasteiger partial charge on any atom is 0.257 e. The van der Waals surface area contributed by atoms with E-state index in [1.807, 2.05) is 0 Å². The Kier molecular flexibility index (Phi) is 5.78. The number of pyridine rings is 1. The molecule has 0 aliphatic rings. The molecule has 0 atom stereocenters. The van der Waals surface area contributed by atoms with Gasteiger partial charge in [0.25, 0.3) is 11.8 Å². The fourth-order valence-corrected chi connectivity index (χ4v) is 2.44. The van der Waals surface area contributed by atoms with Crippen LogP contribution >= 0.6 is 11.6 Å². The second kappa shape index (κ2) is 8.42. The van der Waals surface area contributed by atoms with E-state index in [-0.39, 0.29) is 29.4 Å². The van der Waals surface area contributed by atoms with Crippen molar-refractivity contribution in [3.05, 3.63) is 94.5 Å². The monoisotopic (exact) mass is 383 g/mol. The Morgan fingerprint density at radius 1 is 0.926 bits per heavy atom. The third-order valence-electron chi connectivity index (χ3n) is 3.73. The molecule has 0 aliphatic heterocycles. The second-order valence-electron chi connectivity index (χ2n) is 5.73. The predicted octanol–water partition coefficient (Wildman–Crippen LogP) is 4.06. The minimum atomic E-state index is -0.391. The highest BCUT2D eigenvalue weighted by atomic mass is 35.5. The number of amides is 2. The average Bonchev–Trinajstić information content (AvgIpc) is 2.69. The van der Waals surface area contributed by atoms with Gasteiger partial charge in [-0.15, -0.1) is 0 Å². The van der Waals surface area contributed by atoms with Crippen molar-refractivity contribution in [3.63, 3.8) is 0 Å². The molecule has 2 amide bonds. The van der Waals surface area contributed by atoms with Crippen molar-refractivity contribution in [2.45, 2.75) is 6.54 Å². The molecule has 3 aromatic rings. The minimum Gasteiger partial charge on any atom is -0.348 e. The van der Waals surface area contributed by atoms with Gasteiger partial charge in [-0.3, -0.25) is 14.6 Å². The summed E-state index contributed by atoms with van der Waals surface area (Å²) >= 11 is 5.82. The number of halogens is 2. The summed E-state index contributed by atoms with van der Waals surface area (Å²) in [5, 5.41) is 5.98. The number of hydrogen-bond donors (Lipinski definition) is 2. The fraction of sp³-hybridized carbons (Fsp3) is 0.0500. The fourth-order valence-electron chi connectivity index (χ4n) is 2.31. The maximum atomic E-state index is 12.9. The quantitative estimate of drug-likeness (QED) is 0.698. The van der Waals surface area contributed by atoms with Crippen LogP contribution in [0.3, 0.4) is 0 Å². The molecule has 0 unspecified atom stereocenters. The van der Waals surface area contributed by atoms with E-state index in [0.29, 0.717) is 10.7 Å². The Bertz CT molecular complexity index is 960. The lowest BCUT2D eigenvalue weighted by atomic mass is 10.1. The van der Waals surface area contributed by atoms with Gasteiger partial charge in [-0.25, -0.2) is 4.39 Å². The zero-order valence-corrected chi connectivity index (χ0v) is 14.8. The molecule has 0 bridgehead atoms. The lowest BCUT2D eigenvalue weighted by Gasteiger charge is -2.08. The van der Waals surface area contributed by atoms with Crippen molar-refractivity contribution in [1.82, 2.24) is 10.3 Å². The topological polar surface area (TPSA) is 71.1 Å². The van der Waals surface area contributed by atoms with Crippen LogP contribution in [0.5, 0.6) is 0 Å². The van der Waals surface area contributed by atoms with Crippen LogP contribution in [0.25, 0.3) is 0 Å². The van der Waals surface area contributed by atoms with E-state index in [9.17, 15) is 14.0 Å². The summed E-state index contributed by atoms with van der Waals surface area (Å²) in [7, 11) is 0. The molecule has 136 valence electrons. The molecule has 0 saturated carbocycles.